The molecule has 0 radical (unpaired) electrons. The van der Waals surface area contributed by atoms with Crippen LogP contribution >= 0.6 is 0 Å². The van der Waals surface area contributed by atoms with E-state index in [1.165, 1.54) is 0 Å². The Bertz CT molecular complexity index is 1300. The second-order valence-electron chi connectivity index (χ2n) is 7.36. The predicted molar refractivity (Wildman–Crippen MR) is 110 cm³/mol. The molecule has 1 fully saturated rings. The summed E-state index contributed by atoms with van der Waals surface area (Å²) in [4.78, 5) is 34.7. The molecule has 1 aliphatic rings. The zero-order valence-corrected chi connectivity index (χ0v) is 15.8. The first kappa shape index (κ1) is 17.8. The van der Waals surface area contributed by atoms with Crippen LogP contribution in [0.4, 0.5) is 0 Å². The van der Waals surface area contributed by atoms with E-state index in [4.69, 9.17) is 4.74 Å². The number of hydrogen-bond donors (Lipinski definition) is 0. The molecule has 146 valence electrons. The molecule has 1 atom stereocenters. The van der Waals surface area contributed by atoms with Crippen LogP contribution in [0.2, 0.25) is 0 Å². The Kier molecular flexibility index (Phi) is 4.44. The smallest absolute Gasteiger partial charge is 0.260 e. The second kappa shape index (κ2) is 7.25. The number of rotatable bonds is 4. The Morgan fingerprint density at radius 2 is 1.93 bits per heavy atom. The number of aromatic nitrogens is 4. The lowest BCUT2D eigenvalue weighted by atomic mass is 10.1. The van der Waals surface area contributed by atoms with Gasteiger partial charge in [0.05, 0.1) is 35.5 Å². The molecule has 0 bridgehead atoms. The fourth-order valence-electron chi connectivity index (χ4n) is 3.96. The van der Waals surface area contributed by atoms with Crippen molar-refractivity contribution >= 4 is 21.7 Å². The third-order valence-electron chi connectivity index (χ3n) is 5.45. The molecule has 0 amide bonds. The highest BCUT2D eigenvalue weighted by Crippen LogP contribution is 2.19. The van der Waals surface area contributed by atoms with Crippen LogP contribution in [0.1, 0.15) is 18.4 Å². The van der Waals surface area contributed by atoms with Crippen molar-refractivity contribution in [1.82, 2.24) is 19.1 Å². The summed E-state index contributed by atoms with van der Waals surface area (Å²) >= 11 is 0. The standard InChI is InChI=1S/C22H20N4O3/c27-21-18-12-24-19-6-9-25(13-15-3-1-7-23-11-15)22(28)20(19)17(18)5-8-26(21)14-16-4-2-10-29-16/h1,3,5-9,11-12,16H,2,4,10,13-14H2. The Morgan fingerprint density at radius 1 is 1.03 bits per heavy atom. The molecule has 1 unspecified atom stereocenters. The number of fused-ring (bicyclic) bond motifs is 3. The average molecular weight is 388 g/mol. The molecule has 0 aliphatic carbocycles. The maximum Gasteiger partial charge on any atom is 0.260 e. The topological polar surface area (TPSA) is 79.0 Å². The van der Waals surface area contributed by atoms with Crippen molar-refractivity contribution in [2.75, 3.05) is 6.61 Å². The van der Waals surface area contributed by atoms with Crippen LogP contribution < -0.4 is 11.1 Å². The molecule has 1 aliphatic heterocycles. The van der Waals surface area contributed by atoms with E-state index in [-0.39, 0.29) is 17.2 Å². The lowest BCUT2D eigenvalue weighted by Crippen LogP contribution is -2.26. The molecule has 5 heterocycles. The third-order valence-corrected chi connectivity index (χ3v) is 5.45. The lowest BCUT2D eigenvalue weighted by molar-refractivity contribution is 0.0963. The first-order chi connectivity index (χ1) is 14.2. The minimum Gasteiger partial charge on any atom is -0.376 e. The Hall–Kier alpha value is -3.32. The molecule has 1 saturated heterocycles. The molecule has 0 aromatic carbocycles. The van der Waals surface area contributed by atoms with Gasteiger partial charge >= 0.3 is 0 Å². The van der Waals surface area contributed by atoms with E-state index in [0.29, 0.717) is 34.8 Å². The molecule has 7 heteroatoms. The third kappa shape index (κ3) is 3.23. The van der Waals surface area contributed by atoms with E-state index in [0.717, 1.165) is 25.0 Å². The van der Waals surface area contributed by atoms with Crippen LogP contribution in [-0.4, -0.2) is 31.8 Å². The van der Waals surface area contributed by atoms with Gasteiger partial charge in [-0.15, -0.1) is 0 Å². The Labute approximate surface area is 166 Å². The molecule has 7 nitrogen and oxygen atoms in total. The van der Waals surface area contributed by atoms with Gasteiger partial charge in [-0.05, 0) is 36.6 Å². The second-order valence-corrected chi connectivity index (χ2v) is 7.36. The van der Waals surface area contributed by atoms with Gasteiger partial charge in [0, 0.05) is 43.0 Å². The zero-order chi connectivity index (χ0) is 19.8. The summed E-state index contributed by atoms with van der Waals surface area (Å²) < 4.78 is 8.93. The van der Waals surface area contributed by atoms with Crippen molar-refractivity contribution in [3.8, 4) is 0 Å². The van der Waals surface area contributed by atoms with Gasteiger partial charge in [-0.2, -0.15) is 0 Å². The summed E-state index contributed by atoms with van der Waals surface area (Å²) in [5.74, 6) is 0. The summed E-state index contributed by atoms with van der Waals surface area (Å²) in [5, 5.41) is 1.55. The van der Waals surface area contributed by atoms with Crippen LogP contribution in [0.25, 0.3) is 21.7 Å². The van der Waals surface area contributed by atoms with E-state index in [2.05, 4.69) is 9.97 Å². The van der Waals surface area contributed by atoms with E-state index in [1.807, 2.05) is 24.3 Å². The maximum absolute atomic E-state index is 13.2. The maximum atomic E-state index is 13.2. The lowest BCUT2D eigenvalue weighted by Gasteiger charge is -2.13. The van der Waals surface area contributed by atoms with Crippen LogP contribution in [0.5, 0.6) is 0 Å². The van der Waals surface area contributed by atoms with Crippen LogP contribution in [-0.2, 0) is 17.8 Å². The summed E-state index contributed by atoms with van der Waals surface area (Å²) in [7, 11) is 0. The summed E-state index contributed by atoms with van der Waals surface area (Å²) in [6.07, 6.45) is 10.5. The van der Waals surface area contributed by atoms with Crippen LogP contribution in [0.15, 0.2) is 64.8 Å². The van der Waals surface area contributed by atoms with Crippen molar-refractivity contribution in [2.24, 2.45) is 0 Å². The SMILES string of the molecule is O=c1c2cnc3ccn(Cc4cccnc4)c(=O)c3c2ccn1CC1CCCO1. The molecular formula is C22H20N4O3. The van der Waals surface area contributed by atoms with Gasteiger partial charge in [-0.1, -0.05) is 6.07 Å². The van der Waals surface area contributed by atoms with E-state index in [9.17, 15) is 9.59 Å². The normalized spacial score (nSPS) is 16.6. The van der Waals surface area contributed by atoms with Crippen molar-refractivity contribution in [3.05, 3.63) is 81.5 Å². The van der Waals surface area contributed by atoms with Crippen molar-refractivity contribution in [3.63, 3.8) is 0 Å². The minimum atomic E-state index is -0.166. The highest BCUT2D eigenvalue weighted by atomic mass is 16.5. The number of nitrogens with zero attached hydrogens (tertiary/aromatic N) is 4. The van der Waals surface area contributed by atoms with Gasteiger partial charge in [-0.3, -0.25) is 19.6 Å². The molecule has 4 aromatic heterocycles. The molecule has 0 saturated carbocycles. The monoisotopic (exact) mass is 388 g/mol. The molecule has 5 rings (SSSR count). The highest BCUT2D eigenvalue weighted by Gasteiger charge is 2.18. The quantitative estimate of drug-likeness (QED) is 0.502. The van der Waals surface area contributed by atoms with Gasteiger partial charge in [0.25, 0.3) is 11.1 Å². The summed E-state index contributed by atoms with van der Waals surface area (Å²) in [6.45, 7) is 1.68. The summed E-state index contributed by atoms with van der Waals surface area (Å²) in [5.41, 5.74) is 1.21. The van der Waals surface area contributed by atoms with Crippen LogP contribution in [0.3, 0.4) is 0 Å². The van der Waals surface area contributed by atoms with E-state index >= 15 is 0 Å². The largest absolute Gasteiger partial charge is 0.376 e. The predicted octanol–water partition coefficient (Wildman–Crippen LogP) is 2.33. The molecule has 0 N–H and O–H groups in total. The number of hydrogen-bond acceptors (Lipinski definition) is 5. The Balaban J connectivity index is 1.63. The van der Waals surface area contributed by atoms with Crippen molar-refractivity contribution < 1.29 is 4.74 Å². The van der Waals surface area contributed by atoms with Gasteiger partial charge in [0.2, 0.25) is 0 Å². The van der Waals surface area contributed by atoms with Crippen molar-refractivity contribution in [1.29, 1.82) is 0 Å². The number of ether oxygens (including phenoxy) is 1. The van der Waals surface area contributed by atoms with Gasteiger partial charge in [0.15, 0.2) is 0 Å². The highest BCUT2D eigenvalue weighted by molar-refractivity contribution is 6.04. The molecule has 29 heavy (non-hydrogen) atoms. The van der Waals surface area contributed by atoms with Crippen LogP contribution in [0, 0.1) is 0 Å². The zero-order valence-electron chi connectivity index (χ0n) is 15.8. The first-order valence-electron chi connectivity index (χ1n) is 9.72. The van der Waals surface area contributed by atoms with Gasteiger partial charge in [-0.25, -0.2) is 0 Å². The fourth-order valence-corrected chi connectivity index (χ4v) is 3.96. The molecular weight excluding hydrogens is 368 g/mol. The van der Waals surface area contributed by atoms with Gasteiger partial charge < -0.3 is 13.9 Å². The van der Waals surface area contributed by atoms with Gasteiger partial charge in [0.1, 0.15) is 0 Å². The van der Waals surface area contributed by atoms with E-state index in [1.54, 1.807) is 40.1 Å². The fraction of sp³-hybridized carbons (Fsp3) is 0.273. The van der Waals surface area contributed by atoms with E-state index < -0.39 is 0 Å². The molecule has 0 spiro atoms. The molecule has 4 aromatic rings. The first-order valence-corrected chi connectivity index (χ1v) is 9.72. The minimum absolute atomic E-state index is 0.0651. The van der Waals surface area contributed by atoms with Crippen molar-refractivity contribution in [2.45, 2.75) is 32.0 Å². The Morgan fingerprint density at radius 3 is 2.72 bits per heavy atom. The number of pyridine rings is 4. The average Bonchev–Trinajstić information content (AvgIpc) is 3.26. The summed E-state index contributed by atoms with van der Waals surface area (Å²) in [6, 6.07) is 7.42.